The van der Waals surface area contributed by atoms with Crippen LogP contribution in [0.25, 0.3) is 11.1 Å². The number of nitrogens with one attached hydrogen (secondary N) is 1. The van der Waals surface area contributed by atoms with Crippen LogP contribution in [0, 0.1) is 5.92 Å². The van der Waals surface area contributed by atoms with E-state index >= 15 is 0 Å². The summed E-state index contributed by atoms with van der Waals surface area (Å²) in [6, 6.07) is 14.3. The lowest BCUT2D eigenvalue weighted by Crippen LogP contribution is -2.42. The molecule has 0 fully saturated rings. The summed E-state index contributed by atoms with van der Waals surface area (Å²) in [5, 5.41) is 11.3. The Bertz CT molecular complexity index is 1040. The summed E-state index contributed by atoms with van der Waals surface area (Å²) in [6.07, 6.45) is -7.00. The quantitative estimate of drug-likeness (QED) is 0.541. The third kappa shape index (κ3) is 6.12. The van der Waals surface area contributed by atoms with Gasteiger partial charge in [-0.3, -0.25) is 4.79 Å². The summed E-state index contributed by atoms with van der Waals surface area (Å²) in [6.45, 7) is 0.882. The van der Waals surface area contributed by atoms with E-state index in [1.807, 2.05) is 48.5 Å². The molecule has 35 heavy (non-hydrogen) atoms. The van der Waals surface area contributed by atoms with Gasteiger partial charge < -0.3 is 20.1 Å². The Morgan fingerprint density at radius 3 is 2.11 bits per heavy atom. The summed E-state index contributed by atoms with van der Waals surface area (Å²) in [4.78, 5) is 36.1. The van der Waals surface area contributed by atoms with E-state index in [1.165, 1.54) is 6.92 Å². The number of likely N-dealkylation sites (N-methyl/N-ethyl adjacent to an activating group) is 1. The Hall–Kier alpha value is -3.56. The number of benzene rings is 2. The van der Waals surface area contributed by atoms with Gasteiger partial charge in [0.1, 0.15) is 12.6 Å². The number of aliphatic carboxylic acids is 1. The number of carboxylic acid groups (broad SMARTS) is 1. The predicted octanol–water partition coefficient (Wildman–Crippen LogP) is 4.42. The summed E-state index contributed by atoms with van der Waals surface area (Å²) in [5.41, 5.74) is 4.13. The highest BCUT2D eigenvalue weighted by molar-refractivity contribution is 5.83. The van der Waals surface area contributed by atoms with Gasteiger partial charge in [0.05, 0.1) is 5.92 Å². The van der Waals surface area contributed by atoms with Crippen LogP contribution in [0.5, 0.6) is 0 Å². The molecule has 2 N–H and O–H groups in total. The van der Waals surface area contributed by atoms with Crippen molar-refractivity contribution in [2.75, 3.05) is 20.2 Å². The molecule has 0 bridgehead atoms. The van der Waals surface area contributed by atoms with Crippen LogP contribution >= 0.6 is 0 Å². The minimum Gasteiger partial charge on any atom is -0.480 e. The van der Waals surface area contributed by atoms with Crippen molar-refractivity contribution in [2.45, 2.75) is 37.9 Å². The van der Waals surface area contributed by atoms with E-state index in [1.54, 1.807) is 0 Å². The Balaban J connectivity index is 1.53. The second-order valence-electron chi connectivity index (χ2n) is 8.50. The maximum Gasteiger partial charge on any atom is 0.407 e. The number of carbonyl (C=O) groups is 3. The third-order valence-corrected chi connectivity index (χ3v) is 6.32. The number of fused-ring (bicyclic) bond motifs is 3. The molecule has 2 aromatic rings. The first-order valence-electron chi connectivity index (χ1n) is 11.1. The lowest BCUT2D eigenvalue weighted by molar-refractivity contribution is -0.182. The standard InChI is InChI=1S/C25H27F3N2O5/c1-15(23(32)33)30(2)22(31)13-16(25(26,27)28)11-12-29-24(34)35-14-21-19-9-5-3-7-17(19)18-8-4-6-10-20(18)21/h3-10,15-16,21H,11-14H2,1-2H3,(H,29,34)(H,32,33)/t15-,16?/m0/s1. The minimum atomic E-state index is -4.69. The first-order chi connectivity index (χ1) is 16.5. The first-order valence-corrected chi connectivity index (χ1v) is 11.1. The Labute approximate surface area is 200 Å². The summed E-state index contributed by atoms with van der Waals surface area (Å²) < 4.78 is 45.6. The average Bonchev–Trinajstić information content (AvgIpc) is 3.14. The minimum absolute atomic E-state index is 0.0267. The van der Waals surface area contributed by atoms with Gasteiger partial charge in [0.15, 0.2) is 0 Å². The second kappa shape index (κ2) is 10.8. The molecule has 1 aliphatic rings. The number of hydrogen-bond donors (Lipinski definition) is 2. The molecule has 1 aliphatic carbocycles. The molecule has 2 aromatic carbocycles. The molecule has 0 aromatic heterocycles. The zero-order valence-corrected chi connectivity index (χ0v) is 19.3. The molecule has 2 atom stereocenters. The predicted molar refractivity (Wildman–Crippen MR) is 122 cm³/mol. The van der Waals surface area contributed by atoms with Crippen LogP contribution in [0.2, 0.25) is 0 Å². The fourth-order valence-corrected chi connectivity index (χ4v) is 4.12. The number of amides is 2. The molecule has 3 rings (SSSR count). The van der Waals surface area contributed by atoms with E-state index < -0.39 is 48.9 Å². The molecule has 7 nitrogen and oxygen atoms in total. The van der Waals surface area contributed by atoms with Gasteiger partial charge in [-0.15, -0.1) is 0 Å². The number of alkyl halides is 3. The molecule has 0 aliphatic heterocycles. The van der Waals surface area contributed by atoms with Crippen LogP contribution in [0.1, 0.15) is 36.8 Å². The van der Waals surface area contributed by atoms with Crippen LogP contribution in [-0.2, 0) is 14.3 Å². The molecule has 0 spiro atoms. The van der Waals surface area contributed by atoms with Crippen LogP contribution in [-0.4, -0.2) is 60.4 Å². The molecule has 0 radical (unpaired) electrons. The van der Waals surface area contributed by atoms with Crippen molar-refractivity contribution in [3.05, 3.63) is 59.7 Å². The molecule has 0 saturated carbocycles. The highest BCUT2D eigenvalue weighted by atomic mass is 19.4. The molecule has 188 valence electrons. The van der Waals surface area contributed by atoms with E-state index in [0.29, 0.717) is 0 Å². The van der Waals surface area contributed by atoms with Gasteiger partial charge in [-0.2, -0.15) is 13.2 Å². The van der Waals surface area contributed by atoms with Gasteiger partial charge in [0.25, 0.3) is 0 Å². The van der Waals surface area contributed by atoms with Gasteiger partial charge in [0, 0.05) is 25.9 Å². The Morgan fingerprint density at radius 1 is 1.06 bits per heavy atom. The number of nitrogens with zero attached hydrogens (tertiary/aromatic N) is 1. The van der Waals surface area contributed by atoms with Crippen molar-refractivity contribution in [1.29, 1.82) is 0 Å². The SMILES string of the molecule is C[C@@H](C(=O)O)N(C)C(=O)CC(CCNC(=O)OCC1c2ccccc2-c2ccccc21)C(F)(F)F. The highest BCUT2D eigenvalue weighted by Gasteiger charge is 2.41. The number of ether oxygens (including phenoxy) is 1. The van der Waals surface area contributed by atoms with E-state index in [9.17, 15) is 27.6 Å². The van der Waals surface area contributed by atoms with Crippen LogP contribution in [0.15, 0.2) is 48.5 Å². The number of carbonyl (C=O) groups excluding carboxylic acids is 2. The second-order valence-corrected chi connectivity index (χ2v) is 8.50. The first kappa shape index (κ1) is 26.1. The maximum atomic E-state index is 13.4. The smallest absolute Gasteiger partial charge is 0.407 e. The summed E-state index contributed by atoms with van der Waals surface area (Å²) >= 11 is 0. The zero-order chi connectivity index (χ0) is 25.8. The molecule has 0 saturated heterocycles. The monoisotopic (exact) mass is 492 g/mol. The van der Waals surface area contributed by atoms with Crippen molar-refractivity contribution in [3.63, 3.8) is 0 Å². The van der Waals surface area contributed by atoms with E-state index in [4.69, 9.17) is 9.84 Å². The van der Waals surface area contributed by atoms with E-state index in [0.717, 1.165) is 34.2 Å². The molecular weight excluding hydrogens is 465 g/mol. The van der Waals surface area contributed by atoms with Gasteiger partial charge in [-0.25, -0.2) is 9.59 Å². The molecule has 0 heterocycles. The topological polar surface area (TPSA) is 95.9 Å². The zero-order valence-electron chi connectivity index (χ0n) is 19.3. The van der Waals surface area contributed by atoms with Crippen LogP contribution in [0.4, 0.5) is 18.0 Å². The van der Waals surface area contributed by atoms with Crippen LogP contribution < -0.4 is 5.32 Å². The number of hydrogen-bond acceptors (Lipinski definition) is 4. The highest BCUT2D eigenvalue weighted by Crippen LogP contribution is 2.44. The summed E-state index contributed by atoms with van der Waals surface area (Å²) in [7, 11) is 1.14. The summed E-state index contributed by atoms with van der Waals surface area (Å²) in [5.74, 6) is -4.47. The molecule has 1 unspecified atom stereocenters. The maximum absolute atomic E-state index is 13.4. The average molecular weight is 492 g/mol. The van der Waals surface area contributed by atoms with Crippen LogP contribution in [0.3, 0.4) is 0 Å². The van der Waals surface area contributed by atoms with Crippen molar-refractivity contribution in [2.24, 2.45) is 5.92 Å². The number of rotatable bonds is 9. The van der Waals surface area contributed by atoms with E-state index in [-0.39, 0.29) is 19.1 Å². The van der Waals surface area contributed by atoms with Gasteiger partial charge in [-0.05, 0) is 35.6 Å². The van der Waals surface area contributed by atoms with Crippen molar-refractivity contribution in [1.82, 2.24) is 10.2 Å². The van der Waals surface area contributed by atoms with Gasteiger partial charge in [-0.1, -0.05) is 48.5 Å². The van der Waals surface area contributed by atoms with Crippen molar-refractivity contribution in [3.8, 4) is 11.1 Å². The number of alkyl carbamates (subject to hydrolysis) is 1. The molecule has 2 amide bonds. The normalized spacial score (nSPS) is 14.4. The fourth-order valence-electron chi connectivity index (χ4n) is 4.12. The number of halogens is 3. The lowest BCUT2D eigenvalue weighted by Gasteiger charge is -2.25. The lowest BCUT2D eigenvalue weighted by atomic mass is 9.98. The van der Waals surface area contributed by atoms with E-state index in [2.05, 4.69) is 5.32 Å². The number of carboxylic acids is 1. The van der Waals surface area contributed by atoms with Crippen molar-refractivity contribution >= 4 is 18.0 Å². The molecular formula is C25H27F3N2O5. The Morgan fingerprint density at radius 2 is 1.60 bits per heavy atom. The van der Waals surface area contributed by atoms with Gasteiger partial charge >= 0.3 is 18.2 Å². The molecule has 10 heteroatoms. The fraction of sp³-hybridized carbons (Fsp3) is 0.400. The Kier molecular flexibility index (Phi) is 8.03. The third-order valence-electron chi connectivity index (χ3n) is 6.32. The van der Waals surface area contributed by atoms with Crippen molar-refractivity contribution < 1.29 is 37.4 Å². The largest absolute Gasteiger partial charge is 0.480 e. The van der Waals surface area contributed by atoms with Gasteiger partial charge in [0.2, 0.25) is 5.91 Å².